The van der Waals surface area contributed by atoms with E-state index in [0.717, 1.165) is 17.8 Å². The maximum Gasteiger partial charge on any atom is 0.0512 e. The van der Waals surface area contributed by atoms with Crippen LogP contribution in [0.25, 0.3) is 55.3 Å². The lowest BCUT2D eigenvalue weighted by molar-refractivity contribution is -0.00518. The zero-order chi connectivity index (χ0) is 38.9. The van der Waals surface area contributed by atoms with Crippen molar-refractivity contribution in [1.29, 1.82) is 0 Å². The molecule has 1 nitrogen and oxygen atoms in total. The summed E-state index contributed by atoms with van der Waals surface area (Å²) < 4.78 is 0. The molecule has 1 heterocycles. The van der Waals surface area contributed by atoms with Crippen LogP contribution in [-0.4, -0.2) is 0 Å². The fourth-order valence-electron chi connectivity index (χ4n) is 13.6. The molecule has 1 unspecified atom stereocenters. The van der Waals surface area contributed by atoms with Crippen LogP contribution in [0.15, 0.2) is 176 Å². The van der Waals surface area contributed by atoms with Crippen molar-refractivity contribution in [3.05, 3.63) is 198 Å². The molecule has 1 heteroatoms. The lowest BCUT2D eigenvalue weighted by Gasteiger charge is -2.57. The van der Waals surface area contributed by atoms with Crippen LogP contribution in [0.5, 0.6) is 0 Å². The average Bonchev–Trinajstić information content (AvgIpc) is 3.55. The van der Waals surface area contributed by atoms with Crippen LogP contribution < -0.4 is 4.90 Å². The van der Waals surface area contributed by atoms with E-state index < -0.39 is 0 Å². The minimum atomic E-state index is -0.354. The molecule has 0 aromatic heterocycles. The fourth-order valence-corrected chi connectivity index (χ4v) is 13.6. The molecule has 8 aromatic rings. The van der Waals surface area contributed by atoms with Crippen molar-refractivity contribution in [3.63, 3.8) is 0 Å². The van der Waals surface area contributed by atoms with Gasteiger partial charge in [0.25, 0.3) is 0 Å². The average molecular weight is 758 g/mol. The molecule has 6 aliphatic rings. The van der Waals surface area contributed by atoms with Crippen LogP contribution in [-0.2, 0) is 10.8 Å². The van der Waals surface area contributed by atoms with E-state index in [4.69, 9.17) is 0 Å². The van der Waals surface area contributed by atoms with E-state index in [-0.39, 0.29) is 5.41 Å². The Morgan fingerprint density at radius 1 is 0.424 bits per heavy atom. The van der Waals surface area contributed by atoms with Gasteiger partial charge >= 0.3 is 0 Å². The van der Waals surface area contributed by atoms with E-state index in [0.29, 0.717) is 5.41 Å². The molecule has 14 rings (SSSR count). The summed E-state index contributed by atoms with van der Waals surface area (Å²) in [6, 6.07) is 66.8. The van der Waals surface area contributed by atoms with Gasteiger partial charge in [0.15, 0.2) is 0 Å². The molecule has 4 bridgehead atoms. The Kier molecular flexibility index (Phi) is 7.10. The van der Waals surface area contributed by atoms with Gasteiger partial charge in [0.05, 0.1) is 11.4 Å². The van der Waals surface area contributed by atoms with E-state index in [2.05, 4.69) is 188 Å². The van der Waals surface area contributed by atoms with Gasteiger partial charge in [-0.25, -0.2) is 0 Å². The molecular formula is C58H47N. The Bertz CT molecular complexity index is 2930. The number of anilines is 3. The first-order valence-electron chi connectivity index (χ1n) is 22.0. The predicted molar refractivity (Wildman–Crippen MR) is 246 cm³/mol. The predicted octanol–water partition coefficient (Wildman–Crippen LogP) is 15.4. The standard InChI is InChI=1S/C58H47N/c1-57-51-20-6-5-15-47(51)49-18-9-21-52(55(49)57)59(45-29-25-41(26-30-45)40-23-27-44(28-24-40)58-34-37-31-38(35-58)33-39(32-37)36-58)53-22-10-19-50(56(53)57)48-17-8-14-43-13-7-16-46(54(43)48)42-11-3-2-4-12-42/h2-30,37-39H,31-36H2,1H3. The summed E-state index contributed by atoms with van der Waals surface area (Å²) in [5.74, 6) is 2.88. The molecule has 0 spiro atoms. The summed E-state index contributed by atoms with van der Waals surface area (Å²) in [5, 5.41) is 2.56. The molecule has 0 radical (unpaired) electrons. The third kappa shape index (κ3) is 4.79. The summed E-state index contributed by atoms with van der Waals surface area (Å²) in [4.78, 5) is 2.55. The second-order valence-corrected chi connectivity index (χ2v) is 18.8. The van der Waals surface area contributed by atoms with Gasteiger partial charge in [0.2, 0.25) is 0 Å². The Morgan fingerprint density at radius 3 is 1.58 bits per heavy atom. The topological polar surface area (TPSA) is 3.24 Å². The van der Waals surface area contributed by atoms with E-state index in [1.807, 2.05) is 0 Å². The largest absolute Gasteiger partial charge is 0.310 e. The number of hydrogen-bond donors (Lipinski definition) is 0. The van der Waals surface area contributed by atoms with E-state index in [1.54, 1.807) is 5.56 Å². The first-order valence-corrected chi connectivity index (χ1v) is 22.0. The monoisotopic (exact) mass is 757 g/mol. The maximum absolute atomic E-state index is 2.55. The highest BCUT2D eigenvalue weighted by molar-refractivity contribution is 6.09. The Balaban J connectivity index is 0.968. The van der Waals surface area contributed by atoms with Crippen LogP contribution in [0.2, 0.25) is 0 Å². The van der Waals surface area contributed by atoms with Crippen LogP contribution in [0.3, 0.4) is 0 Å². The van der Waals surface area contributed by atoms with Crippen LogP contribution in [0.1, 0.15) is 67.7 Å². The molecule has 4 saturated carbocycles. The van der Waals surface area contributed by atoms with Gasteiger partial charge in [-0.2, -0.15) is 0 Å². The Labute approximate surface area is 348 Å². The normalized spacial score (nSPS) is 24.2. The second-order valence-electron chi connectivity index (χ2n) is 18.8. The SMILES string of the molecule is CC12c3ccccc3-c3cccc(c31)N(c1ccc(-c3ccc(C45CC6CC(CC(C6)C4)C5)cc3)cc1)c1cccc(-c3cccc4cccc(-c5ccccc5)c34)c12. The Morgan fingerprint density at radius 2 is 0.932 bits per heavy atom. The zero-order valence-corrected chi connectivity index (χ0v) is 33.7. The molecule has 1 aliphatic heterocycles. The van der Waals surface area contributed by atoms with Gasteiger partial charge < -0.3 is 4.90 Å². The lowest BCUT2D eigenvalue weighted by Crippen LogP contribution is -2.48. The highest BCUT2D eigenvalue weighted by Crippen LogP contribution is 2.64. The number of rotatable bonds is 5. The second kappa shape index (κ2) is 12.4. The van der Waals surface area contributed by atoms with Crippen LogP contribution in [0, 0.1) is 17.8 Å². The third-order valence-corrected chi connectivity index (χ3v) is 15.6. The van der Waals surface area contributed by atoms with Gasteiger partial charge in [0, 0.05) is 11.1 Å². The lowest BCUT2D eigenvalue weighted by atomic mass is 9.48. The summed E-state index contributed by atoms with van der Waals surface area (Å²) in [7, 11) is 0. The minimum absolute atomic E-state index is 0.354. The van der Waals surface area contributed by atoms with E-state index in [1.165, 1.54) is 128 Å². The van der Waals surface area contributed by atoms with Crippen molar-refractivity contribution >= 4 is 27.8 Å². The number of hydrogen-bond acceptors (Lipinski definition) is 1. The van der Waals surface area contributed by atoms with Gasteiger partial charge in [0.1, 0.15) is 0 Å². The summed E-state index contributed by atoms with van der Waals surface area (Å²) in [5.41, 5.74) is 19.8. The molecule has 0 N–H and O–H groups in total. The van der Waals surface area contributed by atoms with Crippen molar-refractivity contribution in [3.8, 4) is 44.5 Å². The van der Waals surface area contributed by atoms with Crippen molar-refractivity contribution in [2.24, 2.45) is 17.8 Å². The number of fused-ring (bicyclic) bond motifs is 6. The van der Waals surface area contributed by atoms with Crippen molar-refractivity contribution in [1.82, 2.24) is 0 Å². The molecule has 0 amide bonds. The minimum Gasteiger partial charge on any atom is -0.310 e. The maximum atomic E-state index is 2.55. The molecule has 1 atom stereocenters. The fraction of sp³-hybridized carbons (Fsp3) is 0.207. The van der Waals surface area contributed by atoms with Crippen molar-refractivity contribution < 1.29 is 0 Å². The molecule has 4 fully saturated rings. The molecule has 0 saturated heterocycles. The molecule has 284 valence electrons. The highest BCUT2D eigenvalue weighted by Gasteiger charge is 2.52. The van der Waals surface area contributed by atoms with Gasteiger partial charge in [-0.3, -0.25) is 0 Å². The quantitative estimate of drug-likeness (QED) is 0.169. The van der Waals surface area contributed by atoms with E-state index >= 15 is 0 Å². The number of benzene rings is 8. The van der Waals surface area contributed by atoms with Gasteiger partial charge in [-0.05, 0) is 170 Å². The number of nitrogens with zero attached hydrogens (tertiary/aromatic N) is 1. The Hall–Kier alpha value is -6.18. The molecule has 59 heavy (non-hydrogen) atoms. The first kappa shape index (κ1) is 33.8. The zero-order valence-electron chi connectivity index (χ0n) is 33.7. The first-order chi connectivity index (χ1) is 29.1. The van der Waals surface area contributed by atoms with Crippen molar-refractivity contribution in [2.75, 3.05) is 4.90 Å². The molecule has 5 aliphatic carbocycles. The smallest absolute Gasteiger partial charge is 0.0512 e. The summed E-state index contributed by atoms with van der Waals surface area (Å²) >= 11 is 0. The van der Waals surface area contributed by atoms with Crippen molar-refractivity contribution in [2.45, 2.75) is 56.3 Å². The molecular weight excluding hydrogens is 711 g/mol. The third-order valence-electron chi connectivity index (χ3n) is 15.6. The van der Waals surface area contributed by atoms with Gasteiger partial charge in [-0.15, -0.1) is 0 Å². The van der Waals surface area contributed by atoms with Crippen LogP contribution in [0.4, 0.5) is 17.1 Å². The summed E-state index contributed by atoms with van der Waals surface area (Å²) in [6.45, 7) is 2.49. The highest BCUT2D eigenvalue weighted by atomic mass is 15.2. The van der Waals surface area contributed by atoms with E-state index in [9.17, 15) is 0 Å². The van der Waals surface area contributed by atoms with Crippen LogP contribution >= 0.6 is 0 Å². The summed E-state index contributed by atoms with van der Waals surface area (Å²) in [6.07, 6.45) is 8.70. The van der Waals surface area contributed by atoms with Gasteiger partial charge in [-0.1, -0.05) is 152 Å². The molecule has 8 aromatic carbocycles.